The summed E-state index contributed by atoms with van der Waals surface area (Å²) in [4.78, 5) is 0. The van der Waals surface area contributed by atoms with E-state index >= 15 is 0 Å². The van der Waals surface area contributed by atoms with Crippen molar-refractivity contribution in [3.8, 4) is 0 Å². The summed E-state index contributed by atoms with van der Waals surface area (Å²) in [6.45, 7) is 4.48. The van der Waals surface area contributed by atoms with E-state index in [1.807, 2.05) is 12.1 Å². The molecule has 98 valence electrons. The highest BCUT2D eigenvalue weighted by atomic mass is 35.5. The summed E-state index contributed by atoms with van der Waals surface area (Å²) in [5.74, 6) is 0.692. The quantitative estimate of drug-likeness (QED) is 0.805. The summed E-state index contributed by atoms with van der Waals surface area (Å²) in [5, 5.41) is 2.95. The van der Waals surface area contributed by atoms with Crippen LogP contribution in [0.15, 0.2) is 34.3 Å². The Morgan fingerprint density at radius 2 is 2.21 bits per heavy atom. The fourth-order valence-electron chi connectivity index (χ4n) is 2.41. The first kappa shape index (κ1) is 12.6. The van der Waals surface area contributed by atoms with Crippen molar-refractivity contribution >= 4 is 34.7 Å². The van der Waals surface area contributed by atoms with E-state index < -0.39 is 0 Å². The molecule has 1 aromatic heterocycles. The van der Waals surface area contributed by atoms with Crippen molar-refractivity contribution in [1.82, 2.24) is 0 Å². The Bertz CT molecular complexity index is 762. The van der Waals surface area contributed by atoms with Gasteiger partial charge < -0.3 is 4.42 Å². The van der Waals surface area contributed by atoms with Crippen molar-refractivity contribution < 1.29 is 4.42 Å². The molecule has 0 saturated heterocycles. The number of furan rings is 1. The van der Waals surface area contributed by atoms with E-state index in [0.29, 0.717) is 10.9 Å². The van der Waals surface area contributed by atoms with Crippen molar-refractivity contribution in [2.75, 3.05) is 0 Å². The number of benzene rings is 1. The molecule has 1 aliphatic rings. The monoisotopic (exact) mass is 272 g/mol. The van der Waals surface area contributed by atoms with Gasteiger partial charge in [0.1, 0.15) is 5.42 Å². The van der Waals surface area contributed by atoms with Gasteiger partial charge in [0, 0.05) is 10.6 Å². The van der Waals surface area contributed by atoms with Gasteiger partial charge in [0.15, 0.2) is 5.58 Å². The normalized spacial score (nSPS) is 16.5. The van der Waals surface area contributed by atoms with Crippen LogP contribution < -0.4 is 10.6 Å². The number of para-hydroxylation sites is 1. The lowest BCUT2D eigenvalue weighted by Gasteiger charge is -2.03. The summed E-state index contributed by atoms with van der Waals surface area (Å²) < 4.78 is 5.85. The fraction of sp³-hybridized carbons (Fsp3) is 0.294. The zero-order valence-electron chi connectivity index (χ0n) is 11.2. The van der Waals surface area contributed by atoms with Gasteiger partial charge in [-0.3, -0.25) is 0 Å². The molecule has 0 unspecified atom stereocenters. The maximum atomic E-state index is 6.18. The SMILES string of the molecule is CC(C)C/C=C1/C=c2c(oc3c(Cl)cccc23)=CC1. The highest BCUT2D eigenvalue weighted by Crippen LogP contribution is 2.21. The van der Waals surface area contributed by atoms with Crippen LogP contribution in [0, 0.1) is 5.92 Å². The Hall–Kier alpha value is -1.47. The minimum atomic E-state index is 0.682. The van der Waals surface area contributed by atoms with Gasteiger partial charge in [-0.15, -0.1) is 0 Å². The molecule has 2 heteroatoms. The molecule has 1 aliphatic carbocycles. The minimum Gasteiger partial charge on any atom is -0.455 e. The van der Waals surface area contributed by atoms with Crippen LogP contribution in [0.2, 0.25) is 5.02 Å². The highest BCUT2D eigenvalue weighted by Gasteiger charge is 2.09. The number of fused-ring (bicyclic) bond motifs is 3. The average molecular weight is 273 g/mol. The minimum absolute atomic E-state index is 0.682. The Morgan fingerprint density at radius 3 is 3.00 bits per heavy atom. The Kier molecular flexibility index (Phi) is 3.24. The molecule has 3 rings (SSSR count). The third-order valence-electron chi connectivity index (χ3n) is 3.44. The molecule has 0 atom stereocenters. The molecule has 19 heavy (non-hydrogen) atoms. The van der Waals surface area contributed by atoms with Crippen LogP contribution in [-0.4, -0.2) is 0 Å². The molecule has 0 bridgehead atoms. The van der Waals surface area contributed by atoms with E-state index in [9.17, 15) is 0 Å². The van der Waals surface area contributed by atoms with Crippen molar-refractivity contribution in [2.24, 2.45) is 5.92 Å². The number of rotatable bonds is 2. The van der Waals surface area contributed by atoms with Gasteiger partial charge >= 0.3 is 0 Å². The average Bonchev–Trinajstić information content (AvgIpc) is 2.76. The summed E-state index contributed by atoms with van der Waals surface area (Å²) in [6, 6.07) is 5.91. The molecule has 2 aromatic rings. The van der Waals surface area contributed by atoms with Crippen LogP contribution in [0.4, 0.5) is 0 Å². The Labute approximate surface area is 117 Å². The molecular formula is C17H17ClO. The molecule has 1 heterocycles. The molecule has 0 aliphatic heterocycles. The molecule has 1 nitrogen and oxygen atoms in total. The van der Waals surface area contributed by atoms with Crippen LogP contribution in [-0.2, 0) is 0 Å². The molecule has 0 N–H and O–H groups in total. The predicted molar refractivity (Wildman–Crippen MR) is 81.6 cm³/mol. The highest BCUT2D eigenvalue weighted by molar-refractivity contribution is 6.34. The summed E-state index contributed by atoms with van der Waals surface area (Å²) >= 11 is 6.18. The lowest BCUT2D eigenvalue weighted by molar-refractivity contribution is 0.573. The third-order valence-corrected chi connectivity index (χ3v) is 3.74. The molecule has 0 radical (unpaired) electrons. The van der Waals surface area contributed by atoms with Gasteiger partial charge in [0.2, 0.25) is 0 Å². The van der Waals surface area contributed by atoms with Gasteiger partial charge in [0.25, 0.3) is 0 Å². The largest absolute Gasteiger partial charge is 0.455 e. The lowest BCUT2D eigenvalue weighted by atomic mass is 10.0. The van der Waals surface area contributed by atoms with Crippen LogP contribution >= 0.6 is 11.6 Å². The van der Waals surface area contributed by atoms with Crippen molar-refractivity contribution in [1.29, 1.82) is 0 Å². The predicted octanol–water partition coefficient (Wildman–Crippen LogP) is 4.02. The standard InChI is InChI=1S/C17H17ClO/c1-11(2)6-7-12-8-9-16-14(10-12)13-4-3-5-15(18)17(13)19-16/h3-5,7,9-11H,6,8H2,1-2H3/b12-7+. The van der Waals surface area contributed by atoms with Gasteiger partial charge in [-0.1, -0.05) is 43.7 Å². The number of allylic oxidation sites excluding steroid dienone is 2. The summed E-state index contributed by atoms with van der Waals surface area (Å²) in [5.41, 5.74) is 3.11. The molecule has 0 spiro atoms. The van der Waals surface area contributed by atoms with E-state index in [4.69, 9.17) is 16.0 Å². The summed E-state index contributed by atoms with van der Waals surface area (Å²) in [6.07, 6.45) is 8.77. The van der Waals surface area contributed by atoms with E-state index in [1.54, 1.807) is 0 Å². The van der Waals surface area contributed by atoms with Crippen LogP contribution in [0.1, 0.15) is 26.7 Å². The van der Waals surface area contributed by atoms with Crippen molar-refractivity contribution in [2.45, 2.75) is 26.7 Å². The topological polar surface area (TPSA) is 13.1 Å². The van der Waals surface area contributed by atoms with Crippen molar-refractivity contribution in [3.05, 3.63) is 45.5 Å². The number of hydrogen-bond donors (Lipinski definition) is 0. The first-order valence-electron chi connectivity index (χ1n) is 6.73. The molecule has 0 amide bonds. The Morgan fingerprint density at radius 1 is 1.37 bits per heavy atom. The van der Waals surface area contributed by atoms with Gasteiger partial charge in [-0.05, 0) is 42.6 Å². The van der Waals surface area contributed by atoms with E-state index in [0.717, 1.165) is 29.2 Å². The maximum absolute atomic E-state index is 6.18. The van der Waals surface area contributed by atoms with E-state index in [-0.39, 0.29) is 0 Å². The molecule has 1 aromatic carbocycles. The maximum Gasteiger partial charge on any atom is 0.153 e. The third kappa shape index (κ3) is 2.35. The fourth-order valence-corrected chi connectivity index (χ4v) is 2.62. The molecular weight excluding hydrogens is 256 g/mol. The van der Waals surface area contributed by atoms with Crippen LogP contribution in [0.5, 0.6) is 0 Å². The second kappa shape index (κ2) is 4.90. The second-order valence-corrected chi connectivity index (χ2v) is 5.86. The lowest BCUT2D eigenvalue weighted by Crippen LogP contribution is -2.22. The van der Waals surface area contributed by atoms with Gasteiger partial charge in [0.05, 0.1) is 5.02 Å². The van der Waals surface area contributed by atoms with Crippen LogP contribution in [0.25, 0.3) is 23.1 Å². The number of halogens is 1. The molecule has 0 fully saturated rings. The van der Waals surface area contributed by atoms with Gasteiger partial charge in [-0.25, -0.2) is 0 Å². The van der Waals surface area contributed by atoms with Crippen LogP contribution in [0.3, 0.4) is 0 Å². The zero-order valence-corrected chi connectivity index (χ0v) is 12.0. The zero-order chi connectivity index (χ0) is 13.4. The first-order chi connectivity index (χ1) is 9.15. The molecule has 0 saturated carbocycles. The summed E-state index contributed by atoms with van der Waals surface area (Å²) in [7, 11) is 0. The number of hydrogen-bond acceptors (Lipinski definition) is 1. The van der Waals surface area contributed by atoms with E-state index in [2.05, 4.69) is 38.1 Å². The van der Waals surface area contributed by atoms with Gasteiger partial charge in [-0.2, -0.15) is 0 Å². The second-order valence-electron chi connectivity index (χ2n) is 5.46. The smallest absolute Gasteiger partial charge is 0.153 e. The first-order valence-corrected chi connectivity index (χ1v) is 7.11. The van der Waals surface area contributed by atoms with E-state index in [1.165, 1.54) is 10.8 Å². The Balaban J connectivity index is 2.17. The van der Waals surface area contributed by atoms with Crippen molar-refractivity contribution in [3.63, 3.8) is 0 Å².